The third-order valence-electron chi connectivity index (χ3n) is 4.07. The molecule has 2 aromatic rings. The number of aromatic nitrogens is 1. The van der Waals surface area contributed by atoms with Crippen molar-refractivity contribution in [2.45, 2.75) is 13.0 Å². The van der Waals surface area contributed by atoms with Crippen LogP contribution in [0.3, 0.4) is 0 Å². The van der Waals surface area contributed by atoms with E-state index in [2.05, 4.69) is 27.8 Å². The highest BCUT2D eigenvalue weighted by Gasteiger charge is 2.30. The molecule has 0 spiro atoms. The van der Waals surface area contributed by atoms with Crippen LogP contribution in [0.4, 0.5) is 10.5 Å². The summed E-state index contributed by atoms with van der Waals surface area (Å²) in [7, 11) is 3.96. The van der Waals surface area contributed by atoms with Gasteiger partial charge in [-0.25, -0.2) is 4.79 Å². The van der Waals surface area contributed by atoms with Crippen molar-refractivity contribution >= 4 is 23.1 Å². The average molecular weight is 330 g/mol. The summed E-state index contributed by atoms with van der Waals surface area (Å²) in [5.41, 5.74) is 1.92. The minimum atomic E-state index is 0.00258. The van der Waals surface area contributed by atoms with E-state index in [0.29, 0.717) is 12.5 Å². The molecule has 23 heavy (non-hydrogen) atoms. The Kier molecular flexibility index (Phi) is 4.81. The molecule has 1 aliphatic heterocycles. The van der Waals surface area contributed by atoms with Crippen molar-refractivity contribution in [3.8, 4) is 0 Å². The maximum absolute atomic E-state index is 12.2. The monoisotopic (exact) mass is 330 g/mol. The molecule has 0 aliphatic carbocycles. The first-order valence-corrected chi connectivity index (χ1v) is 8.68. The number of hydrogen-bond donors (Lipinski definition) is 1. The van der Waals surface area contributed by atoms with E-state index >= 15 is 0 Å². The lowest BCUT2D eigenvalue weighted by Gasteiger charge is -2.39. The Morgan fingerprint density at radius 3 is 2.91 bits per heavy atom. The van der Waals surface area contributed by atoms with E-state index in [1.54, 1.807) is 17.5 Å². The minimum absolute atomic E-state index is 0.00258. The lowest BCUT2D eigenvalue weighted by atomic mass is 9.96. The van der Waals surface area contributed by atoms with Gasteiger partial charge in [-0.05, 0) is 35.9 Å². The maximum atomic E-state index is 12.2. The highest BCUT2D eigenvalue weighted by molar-refractivity contribution is 7.09. The third kappa shape index (κ3) is 3.82. The Morgan fingerprint density at radius 1 is 1.39 bits per heavy atom. The zero-order valence-electron chi connectivity index (χ0n) is 13.5. The second-order valence-corrected chi connectivity index (χ2v) is 7.11. The second kappa shape index (κ2) is 7.00. The predicted molar refractivity (Wildman–Crippen MR) is 93.9 cm³/mol. The van der Waals surface area contributed by atoms with Crippen molar-refractivity contribution in [3.05, 3.63) is 46.4 Å². The molecule has 0 radical (unpaired) electrons. The molecule has 0 atom stereocenters. The highest BCUT2D eigenvalue weighted by Crippen LogP contribution is 2.23. The summed E-state index contributed by atoms with van der Waals surface area (Å²) in [6.07, 6.45) is 2.83. The molecule has 3 heterocycles. The van der Waals surface area contributed by atoms with E-state index in [1.165, 1.54) is 4.88 Å². The molecule has 1 fully saturated rings. The maximum Gasteiger partial charge on any atom is 0.317 e. The molecule has 0 bridgehead atoms. The Hall–Kier alpha value is -2.08. The van der Waals surface area contributed by atoms with Crippen molar-refractivity contribution in [3.63, 3.8) is 0 Å². The molecule has 0 saturated carbocycles. The van der Waals surface area contributed by atoms with Crippen LogP contribution in [-0.2, 0) is 13.0 Å². The molecule has 1 N–H and O–H groups in total. The Labute approximate surface area is 140 Å². The van der Waals surface area contributed by atoms with Gasteiger partial charge < -0.3 is 15.1 Å². The van der Waals surface area contributed by atoms with E-state index < -0.39 is 0 Å². The Morgan fingerprint density at radius 2 is 2.22 bits per heavy atom. The van der Waals surface area contributed by atoms with E-state index in [4.69, 9.17) is 0 Å². The number of hydrogen-bond acceptors (Lipinski definition) is 4. The molecule has 3 rings (SSSR count). The van der Waals surface area contributed by atoms with Crippen LogP contribution in [-0.4, -0.2) is 43.1 Å². The largest absolute Gasteiger partial charge is 0.376 e. The zero-order chi connectivity index (χ0) is 16.2. The van der Waals surface area contributed by atoms with Gasteiger partial charge in [0.25, 0.3) is 0 Å². The minimum Gasteiger partial charge on any atom is -0.376 e. The molecule has 6 heteroatoms. The zero-order valence-corrected chi connectivity index (χ0v) is 14.3. The molecule has 5 nitrogen and oxygen atoms in total. The normalized spacial score (nSPS) is 14.4. The summed E-state index contributed by atoms with van der Waals surface area (Å²) in [6.45, 7) is 2.14. The van der Waals surface area contributed by atoms with Crippen LogP contribution in [0.2, 0.25) is 0 Å². The van der Waals surface area contributed by atoms with Crippen molar-refractivity contribution in [1.29, 1.82) is 0 Å². The molecular formula is C17H22N4OS. The summed E-state index contributed by atoms with van der Waals surface area (Å²) >= 11 is 1.79. The van der Waals surface area contributed by atoms with Crippen molar-refractivity contribution in [2.75, 3.05) is 32.1 Å². The number of anilines is 1. The smallest absolute Gasteiger partial charge is 0.317 e. The van der Waals surface area contributed by atoms with Gasteiger partial charge in [0.15, 0.2) is 0 Å². The van der Waals surface area contributed by atoms with Gasteiger partial charge in [-0.2, -0.15) is 0 Å². The number of nitrogens with zero attached hydrogens (tertiary/aromatic N) is 3. The number of urea groups is 1. The number of amides is 2. The molecule has 0 unspecified atom stereocenters. The van der Waals surface area contributed by atoms with Crippen LogP contribution < -0.4 is 10.2 Å². The molecule has 122 valence electrons. The van der Waals surface area contributed by atoms with Gasteiger partial charge in [-0.3, -0.25) is 4.98 Å². The first-order chi connectivity index (χ1) is 11.1. The standard InChI is InChI=1S/C17H22N4OS/c1-20(2)16-6-3-7-18-15(16)10-19-17(22)21-11-13(12-21)9-14-5-4-8-23-14/h3-8,13H,9-12H2,1-2H3,(H,19,22). The Bertz CT molecular complexity index is 650. The molecular weight excluding hydrogens is 308 g/mol. The van der Waals surface area contributed by atoms with Gasteiger partial charge in [0.05, 0.1) is 17.9 Å². The molecule has 1 saturated heterocycles. The van der Waals surface area contributed by atoms with E-state index in [9.17, 15) is 4.79 Å². The van der Waals surface area contributed by atoms with Crippen LogP contribution in [0.15, 0.2) is 35.8 Å². The van der Waals surface area contributed by atoms with Crippen molar-refractivity contribution in [1.82, 2.24) is 15.2 Å². The van der Waals surface area contributed by atoms with Crippen molar-refractivity contribution < 1.29 is 4.79 Å². The van der Waals surface area contributed by atoms with Crippen LogP contribution in [0, 0.1) is 5.92 Å². The molecule has 1 aliphatic rings. The van der Waals surface area contributed by atoms with Gasteiger partial charge in [0, 0.05) is 38.3 Å². The molecule has 0 aromatic carbocycles. The van der Waals surface area contributed by atoms with E-state index in [-0.39, 0.29) is 6.03 Å². The van der Waals surface area contributed by atoms with Gasteiger partial charge >= 0.3 is 6.03 Å². The van der Waals surface area contributed by atoms with Crippen LogP contribution in [0.25, 0.3) is 0 Å². The fourth-order valence-electron chi connectivity index (χ4n) is 2.82. The van der Waals surface area contributed by atoms with E-state index in [1.807, 2.05) is 36.0 Å². The summed E-state index contributed by atoms with van der Waals surface area (Å²) in [5, 5.41) is 5.08. The molecule has 2 amide bonds. The van der Waals surface area contributed by atoms with Crippen LogP contribution >= 0.6 is 11.3 Å². The molecule has 2 aromatic heterocycles. The first-order valence-electron chi connectivity index (χ1n) is 7.80. The van der Waals surface area contributed by atoms with Gasteiger partial charge in [-0.1, -0.05) is 6.07 Å². The first kappa shape index (κ1) is 15.8. The summed E-state index contributed by atoms with van der Waals surface area (Å²) < 4.78 is 0. The number of likely N-dealkylation sites (tertiary alicyclic amines) is 1. The number of pyridine rings is 1. The van der Waals surface area contributed by atoms with Gasteiger partial charge in [-0.15, -0.1) is 11.3 Å². The number of carbonyl (C=O) groups excluding carboxylic acids is 1. The summed E-state index contributed by atoms with van der Waals surface area (Å²) in [6, 6.07) is 8.17. The number of rotatable bonds is 5. The van der Waals surface area contributed by atoms with Gasteiger partial charge in [0.1, 0.15) is 0 Å². The number of carbonyl (C=O) groups is 1. The third-order valence-corrected chi connectivity index (χ3v) is 4.97. The van der Waals surface area contributed by atoms with E-state index in [0.717, 1.165) is 30.9 Å². The SMILES string of the molecule is CN(C)c1cccnc1CNC(=O)N1CC(Cc2cccs2)C1. The quantitative estimate of drug-likeness (QED) is 0.917. The fourth-order valence-corrected chi connectivity index (χ4v) is 3.64. The number of nitrogens with one attached hydrogen (secondary N) is 1. The van der Waals surface area contributed by atoms with Gasteiger partial charge in [0.2, 0.25) is 0 Å². The number of thiophene rings is 1. The lowest BCUT2D eigenvalue weighted by Crippen LogP contribution is -2.54. The summed E-state index contributed by atoms with van der Waals surface area (Å²) in [5.74, 6) is 0.589. The Balaban J connectivity index is 1.46. The topological polar surface area (TPSA) is 48.5 Å². The summed E-state index contributed by atoms with van der Waals surface area (Å²) in [4.78, 5) is 21.9. The lowest BCUT2D eigenvalue weighted by molar-refractivity contribution is 0.120. The fraction of sp³-hybridized carbons (Fsp3) is 0.412. The predicted octanol–water partition coefficient (Wildman–Crippen LogP) is 2.59. The average Bonchev–Trinajstić information content (AvgIpc) is 3.01. The van der Waals surface area contributed by atoms with Crippen LogP contribution in [0.1, 0.15) is 10.6 Å². The highest BCUT2D eigenvalue weighted by atomic mass is 32.1. The second-order valence-electron chi connectivity index (χ2n) is 6.08. The van der Waals surface area contributed by atoms with Crippen LogP contribution in [0.5, 0.6) is 0 Å². The van der Waals surface area contributed by atoms with Crippen molar-refractivity contribution in [2.24, 2.45) is 5.92 Å².